The summed E-state index contributed by atoms with van der Waals surface area (Å²) in [5.74, 6) is -0.211. The zero-order valence-corrected chi connectivity index (χ0v) is 22.3. The van der Waals surface area contributed by atoms with E-state index in [1.807, 2.05) is 50.1 Å². The van der Waals surface area contributed by atoms with E-state index < -0.39 is 5.97 Å². The fourth-order valence-corrected chi connectivity index (χ4v) is 3.58. The van der Waals surface area contributed by atoms with Crippen molar-refractivity contribution >= 4 is 40.9 Å². The van der Waals surface area contributed by atoms with Crippen LogP contribution in [0.2, 0.25) is 0 Å². The average Bonchev–Trinajstić information content (AvgIpc) is 2.91. The van der Waals surface area contributed by atoms with Crippen LogP contribution in [0.4, 0.5) is 17.1 Å². The lowest BCUT2D eigenvalue weighted by Gasteiger charge is -2.23. The van der Waals surface area contributed by atoms with Crippen molar-refractivity contribution in [1.29, 1.82) is 5.41 Å². The van der Waals surface area contributed by atoms with Gasteiger partial charge in [-0.15, -0.1) is 0 Å². The van der Waals surface area contributed by atoms with E-state index in [1.165, 1.54) is 0 Å². The Kier molecular flexibility index (Phi) is 10.9. The van der Waals surface area contributed by atoms with Crippen molar-refractivity contribution in [2.24, 2.45) is 5.92 Å². The predicted molar refractivity (Wildman–Crippen MR) is 147 cm³/mol. The Bertz CT molecular complexity index is 1120. The van der Waals surface area contributed by atoms with E-state index in [-0.39, 0.29) is 41.8 Å². The van der Waals surface area contributed by atoms with Gasteiger partial charge in [0.1, 0.15) is 11.5 Å². The number of carbonyl (C=O) groups is 3. The van der Waals surface area contributed by atoms with Crippen molar-refractivity contribution in [3.8, 4) is 5.75 Å². The molecule has 2 rings (SSSR count). The summed E-state index contributed by atoms with van der Waals surface area (Å²) in [6.07, 6.45) is 0.836. The van der Waals surface area contributed by atoms with Gasteiger partial charge < -0.3 is 24.6 Å². The molecule has 0 radical (unpaired) electrons. The van der Waals surface area contributed by atoms with Gasteiger partial charge in [-0.2, -0.15) is 0 Å². The Morgan fingerprint density at radius 2 is 1.62 bits per heavy atom. The lowest BCUT2D eigenvalue weighted by Crippen LogP contribution is -2.30. The van der Waals surface area contributed by atoms with Gasteiger partial charge in [-0.25, -0.2) is 4.79 Å². The normalized spacial score (nSPS) is 11.3. The Balaban J connectivity index is 2.25. The zero-order valence-electron chi connectivity index (χ0n) is 22.3. The maximum Gasteiger partial charge on any atom is 0.356 e. The van der Waals surface area contributed by atoms with Crippen LogP contribution in [0.15, 0.2) is 59.8 Å². The van der Waals surface area contributed by atoms with Crippen LogP contribution in [0, 0.1) is 11.3 Å². The number of allylic oxidation sites excluding steroid dienone is 1. The highest BCUT2D eigenvalue weighted by atomic mass is 16.5. The number of hydrogen-bond donors (Lipinski definition) is 2. The largest absolute Gasteiger partial charge is 0.497 e. The fourth-order valence-electron chi connectivity index (χ4n) is 3.58. The third-order valence-electron chi connectivity index (χ3n) is 5.79. The molecule has 0 aliphatic heterocycles. The molecule has 37 heavy (non-hydrogen) atoms. The third kappa shape index (κ3) is 7.93. The van der Waals surface area contributed by atoms with E-state index in [0.717, 1.165) is 11.4 Å². The Morgan fingerprint density at radius 3 is 2.14 bits per heavy atom. The molecular weight excluding hydrogens is 472 g/mol. The summed E-state index contributed by atoms with van der Waals surface area (Å²) in [7, 11) is 5.18. The number of hydrogen-bond acceptors (Lipinski definition) is 8. The van der Waals surface area contributed by atoms with Crippen LogP contribution in [-0.4, -0.2) is 58.2 Å². The maximum absolute atomic E-state index is 12.4. The molecule has 2 aromatic rings. The lowest BCUT2D eigenvalue weighted by atomic mass is 10.0. The van der Waals surface area contributed by atoms with E-state index in [0.29, 0.717) is 24.3 Å². The molecule has 0 aliphatic carbocycles. The van der Waals surface area contributed by atoms with Crippen LogP contribution < -0.4 is 19.9 Å². The van der Waals surface area contributed by atoms with Crippen LogP contribution >= 0.6 is 0 Å². The van der Waals surface area contributed by atoms with Crippen LogP contribution in [-0.2, 0) is 19.1 Å². The minimum Gasteiger partial charge on any atom is -0.497 e. The topological polar surface area (TPSA) is 112 Å². The number of ether oxygens (including phenoxy) is 2. The number of benzene rings is 2. The lowest BCUT2D eigenvalue weighted by molar-refractivity contribution is -0.135. The highest BCUT2D eigenvalue weighted by Crippen LogP contribution is 2.23. The number of methoxy groups -OCH3 is 1. The molecule has 1 amide bonds. The van der Waals surface area contributed by atoms with E-state index in [2.05, 4.69) is 5.32 Å². The Labute approximate surface area is 218 Å². The minimum atomic E-state index is -0.793. The standard InChI is InChI=1S/C28H36N4O5/c1-7-37-28(35)26(29)24(25(18-33)30-20-8-14-23(36-6)15-9-20)16-17-31(4)21-10-12-22(13-11-21)32(5)27(34)19(2)3/h8-15,18-19,29-30H,7,16-17H2,1-6H3/b25-24-,29-26?. The summed E-state index contributed by atoms with van der Waals surface area (Å²) in [5, 5.41) is 11.4. The van der Waals surface area contributed by atoms with Crippen LogP contribution in [0.3, 0.4) is 0 Å². The van der Waals surface area contributed by atoms with Gasteiger partial charge in [-0.3, -0.25) is 15.0 Å². The van der Waals surface area contributed by atoms with Gasteiger partial charge in [-0.05, 0) is 61.9 Å². The van der Waals surface area contributed by atoms with Crippen molar-refractivity contribution in [2.75, 3.05) is 49.5 Å². The molecule has 198 valence electrons. The summed E-state index contributed by atoms with van der Waals surface area (Å²) in [6, 6.07) is 14.5. The number of anilines is 3. The first-order chi connectivity index (χ1) is 17.6. The molecule has 0 aliphatic rings. The number of nitrogens with zero attached hydrogens (tertiary/aromatic N) is 2. The highest BCUT2D eigenvalue weighted by Gasteiger charge is 2.21. The SMILES string of the molecule is CCOC(=O)C(=N)/C(CCN(C)c1ccc(N(C)C(=O)C(C)C)cc1)=C(/C=O)Nc1ccc(OC)cc1. The second kappa shape index (κ2) is 13.8. The fraction of sp³-hybridized carbons (Fsp3) is 0.357. The summed E-state index contributed by atoms with van der Waals surface area (Å²) in [5.41, 5.74) is 2.26. The molecule has 0 bridgehead atoms. The molecule has 0 atom stereocenters. The zero-order chi connectivity index (χ0) is 27.5. The minimum absolute atomic E-state index is 0.0270. The molecule has 9 heteroatoms. The average molecular weight is 509 g/mol. The first-order valence-electron chi connectivity index (χ1n) is 12.1. The number of nitrogens with one attached hydrogen (secondary N) is 2. The maximum atomic E-state index is 12.4. The smallest absolute Gasteiger partial charge is 0.356 e. The molecule has 0 unspecified atom stereocenters. The van der Waals surface area contributed by atoms with Gasteiger partial charge in [0.15, 0.2) is 6.29 Å². The van der Waals surface area contributed by atoms with E-state index >= 15 is 0 Å². The summed E-state index contributed by atoms with van der Waals surface area (Å²) in [4.78, 5) is 40.3. The quantitative estimate of drug-likeness (QED) is 0.180. The molecule has 0 saturated carbocycles. The number of rotatable bonds is 13. The van der Waals surface area contributed by atoms with Crippen molar-refractivity contribution in [1.82, 2.24) is 0 Å². The van der Waals surface area contributed by atoms with Crippen LogP contribution in [0.1, 0.15) is 27.2 Å². The molecule has 9 nitrogen and oxygen atoms in total. The predicted octanol–water partition coefficient (Wildman–Crippen LogP) is 4.29. The molecule has 0 heterocycles. The highest BCUT2D eigenvalue weighted by molar-refractivity contribution is 6.42. The van der Waals surface area contributed by atoms with Gasteiger partial charge in [0.05, 0.1) is 19.4 Å². The second-order valence-electron chi connectivity index (χ2n) is 8.70. The van der Waals surface area contributed by atoms with Crippen LogP contribution in [0.5, 0.6) is 5.75 Å². The summed E-state index contributed by atoms with van der Waals surface area (Å²) >= 11 is 0. The van der Waals surface area contributed by atoms with Crippen molar-refractivity contribution < 1.29 is 23.9 Å². The Hall–Kier alpha value is -4.14. The molecule has 0 fully saturated rings. The van der Waals surface area contributed by atoms with Crippen molar-refractivity contribution in [3.63, 3.8) is 0 Å². The van der Waals surface area contributed by atoms with Crippen LogP contribution in [0.25, 0.3) is 0 Å². The van der Waals surface area contributed by atoms with E-state index in [1.54, 1.807) is 50.2 Å². The molecule has 0 aromatic heterocycles. The van der Waals surface area contributed by atoms with E-state index in [4.69, 9.17) is 14.9 Å². The van der Waals surface area contributed by atoms with Crippen molar-refractivity contribution in [3.05, 3.63) is 59.8 Å². The summed E-state index contributed by atoms with van der Waals surface area (Å²) in [6.45, 7) is 5.91. The second-order valence-corrected chi connectivity index (χ2v) is 8.70. The first kappa shape index (κ1) is 29.1. The monoisotopic (exact) mass is 508 g/mol. The van der Waals surface area contributed by atoms with E-state index in [9.17, 15) is 14.4 Å². The number of amides is 1. The molecular formula is C28H36N4O5. The summed E-state index contributed by atoms with van der Waals surface area (Å²) < 4.78 is 10.2. The van der Waals surface area contributed by atoms with Gasteiger partial charge in [-0.1, -0.05) is 13.8 Å². The number of esters is 1. The number of carbonyl (C=O) groups excluding carboxylic acids is 3. The van der Waals surface area contributed by atoms with Gasteiger partial charge in [0.2, 0.25) is 5.91 Å². The van der Waals surface area contributed by atoms with Gasteiger partial charge in [0, 0.05) is 49.2 Å². The first-order valence-corrected chi connectivity index (χ1v) is 12.1. The molecule has 0 spiro atoms. The van der Waals surface area contributed by atoms with Gasteiger partial charge >= 0.3 is 5.97 Å². The number of aldehydes is 1. The Morgan fingerprint density at radius 1 is 1.03 bits per heavy atom. The third-order valence-corrected chi connectivity index (χ3v) is 5.79. The molecule has 2 N–H and O–H groups in total. The van der Waals surface area contributed by atoms with Gasteiger partial charge in [0.25, 0.3) is 0 Å². The van der Waals surface area contributed by atoms with Crippen molar-refractivity contribution in [2.45, 2.75) is 27.2 Å². The molecule has 0 saturated heterocycles. The molecule has 2 aromatic carbocycles.